The molecule has 1 heterocycles. The van der Waals surface area contributed by atoms with Gasteiger partial charge in [0.2, 0.25) is 5.91 Å². The van der Waals surface area contributed by atoms with E-state index in [1.807, 2.05) is 19.1 Å². The molecule has 0 unspecified atom stereocenters. The molecule has 1 fully saturated rings. The van der Waals surface area contributed by atoms with Gasteiger partial charge in [0.25, 0.3) is 0 Å². The van der Waals surface area contributed by atoms with E-state index >= 15 is 0 Å². The maximum absolute atomic E-state index is 13.1. The molecule has 1 saturated carbocycles. The number of carbonyl (C=O) groups excluding carboxylic acids is 1. The van der Waals surface area contributed by atoms with Crippen LogP contribution in [-0.2, 0) is 17.4 Å². The molecule has 0 radical (unpaired) electrons. The monoisotopic (exact) mass is 334 g/mol. The number of nitrogens with one attached hydrogen (secondary N) is 1. The van der Waals surface area contributed by atoms with Crippen LogP contribution in [0.1, 0.15) is 34.7 Å². The predicted octanol–water partition coefficient (Wildman–Crippen LogP) is 3.62. The van der Waals surface area contributed by atoms with Crippen LogP contribution in [-0.4, -0.2) is 16.9 Å². The van der Waals surface area contributed by atoms with Gasteiger partial charge in [0.1, 0.15) is 0 Å². The number of aryl methyl sites for hydroxylation is 1. The molecule has 0 bridgehead atoms. The average molecular weight is 334 g/mol. The Morgan fingerprint density at radius 1 is 1.25 bits per heavy atom. The van der Waals surface area contributed by atoms with E-state index in [9.17, 15) is 18.0 Å². The minimum Gasteiger partial charge on any atom is -0.352 e. The second-order valence-corrected chi connectivity index (χ2v) is 6.09. The lowest BCUT2D eigenvalue weighted by Gasteiger charge is -2.12. The topological polar surface area (TPSA) is 42.0 Å². The van der Waals surface area contributed by atoms with Gasteiger partial charge in [-0.05, 0) is 36.6 Å². The SMILES string of the molecule is Cc1ccc(CC(=O)N[C@H]2C[C@@H]2c2ccccc2C(F)(F)F)cn1. The van der Waals surface area contributed by atoms with Gasteiger partial charge in [-0.2, -0.15) is 13.2 Å². The highest BCUT2D eigenvalue weighted by molar-refractivity contribution is 5.79. The van der Waals surface area contributed by atoms with Crippen molar-refractivity contribution < 1.29 is 18.0 Å². The van der Waals surface area contributed by atoms with Crippen molar-refractivity contribution in [1.29, 1.82) is 0 Å². The Hall–Kier alpha value is -2.37. The Balaban J connectivity index is 1.62. The molecule has 1 aliphatic rings. The van der Waals surface area contributed by atoms with Crippen molar-refractivity contribution in [2.45, 2.75) is 37.9 Å². The van der Waals surface area contributed by atoms with Gasteiger partial charge in [0.15, 0.2) is 0 Å². The second kappa shape index (κ2) is 6.26. The third kappa shape index (κ3) is 3.75. The van der Waals surface area contributed by atoms with Gasteiger partial charge in [-0.1, -0.05) is 24.3 Å². The fraction of sp³-hybridized carbons (Fsp3) is 0.333. The number of alkyl halides is 3. The first kappa shape index (κ1) is 16.5. The van der Waals surface area contributed by atoms with Crippen LogP contribution in [0.2, 0.25) is 0 Å². The maximum Gasteiger partial charge on any atom is 0.416 e. The zero-order valence-electron chi connectivity index (χ0n) is 13.1. The van der Waals surface area contributed by atoms with Gasteiger partial charge in [0.05, 0.1) is 12.0 Å². The quantitative estimate of drug-likeness (QED) is 0.928. The molecular weight excluding hydrogens is 317 g/mol. The molecule has 1 aromatic carbocycles. The Morgan fingerprint density at radius 2 is 2.00 bits per heavy atom. The van der Waals surface area contributed by atoms with Crippen LogP contribution in [0, 0.1) is 6.92 Å². The van der Waals surface area contributed by atoms with Crippen LogP contribution in [0.3, 0.4) is 0 Å². The zero-order valence-corrected chi connectivity index (χ0v) is 13.1. The van der Waals surface area contributed by atoms with Gasteiger partial charge in [-0.15, -0.1) is 0 Å². The highest BCUT2D eigenvalue weighted by Crippen LogP contribution is 2.46. The molecule has 3 nitrogen and oxygen atoms in total. The van der Waals surface area contributed by atoms with E-state index in [0.717, 1.165) is 17.3 Å². The molecule has 2 atom stereocenters. The van der Waals surface area contributed by atoms with Crippen molar-refractivity contribution in [2.75, 3.05) is 0 Å². The number of hydrogen-bond donors (Lipinski definition) is 1. The fourth-order valence-electron chi connectivity index (χ4n) is 2.82. The molecule has 0 spiro atoms. The molecule has 24 heavy (non-hydrogen) atoms. The molecule has 0 aliphatic heterocycles. The van der Waals surface area contributed by atoms with E-state index in [1.54, 1.807) is 12.3 Å². The number of aromatic nitrogens is 1. The highest BCUT2D eigenvalue weighted by Gasteiger charge is 2.44. The highest BCUT2D eigenvalue weighted by atomic mass is 19.4. The Kier molecular flexibility index (Phi) is 4.30. The van der Waals surface area contributed by atoms with Crippen molar-refractivity contribution in [3.05, 3.63) is 65.0 Å². The number of carbonyl (C=O) groups is 1. The third-order valence-corrected chi connectivity index (χ3v) is 4.14. The normalized spacial score (nSPS) is 19.8. The number of amides is 1. The molecular formula is C18H17F3N2O. The van der Waals surface area contributed by atoms with Crippen molar-refractivity contribution in [3.63, 3.8) is 0 Å². The average Bonchev–Trinajstić information content (AvgIpc) is 3.27. The summed E-state index contributed by atoms with van der Waals surface area (Å²) in [6, 6.07) is 8.97. The summed E-state index contributed by atoms with van der Waals surface area (Å²) in [4.78, 5) is 16.2. The molecule has 1 aliphatic carbocycles. The molecule has 1 aromatic heterocycles. The van der Waals surface area contributed by atoms with Crippen molar-refractivity contribution in [2.24, 2.45) is 0 Å². The fourth-order valence-corrected chi connectivity index (χ4v) is 2.82. The molecule has 0 saturated heterocycles. The summed E-state index contributed by atoms with van der Waals surface area (Å²) in [5, 5.41) is 2.81. The smallest absolute Gasteiger partial charge is 0.352 e. The largest absolute Gasteiger partial charge is 0.416 e. The Labute approximate surface area is 137 Å². The number of nitrogens with zero attached hydrogens (tertiary/aromatic N) is 1. The molecule has 126 valence electrons. The van der Waals surface area contributed by atoms with Crippen LogP contribution in [0.25, 0.3) is 0 Å². The Morgan fingerprint density at radius 3 is 2.67 bits per heavy atom. The first-order chi connectivity index (χ1) is 11.3. The minimum absolute atomic E-state index is 0.178. The van der Waals surface area contributed by atoms with E-state index in [2.05, 4.69) is 10.3 Å². The van der Waals surface area contributed by atoms with Gasteiger partial charge in [0, 0.05) is 23.9 Å². The van der Waals surface area contributed by atoms with Crippen LogP contribution in [0.5, 0.6) is 0 Å². The van der Waals surface area contributed by atoms with Crippen molar-refractivity contribution >= 4 is 5.91 Å². The lowest BCUT2D eigenvalue weighted by atomic mass is 10.0. The van der Waals surface area contributed by atoms with Crippen molar-refractivity contribution in [3.8, 4) is 0 Å². The van der Waals surface area contributed by atoms with E-state index < -0.39 is 11.7 Å². The minimum atomic E-state index is -4.37. The standard InChI is InChI=1S/C18H17F3N2O/c1-11-6-7-12(10-22-11)8-17(24)23-16-9-14(16)13-4-2-3-5-15(13)18(19,20)21/h2-7,10,14,16H,8-9H2,1H3,(H,23,24)/t14-,16+/m1/s1. The summed E-state index contributed by atoms with van der Waals surface area (Å²) < 4.78 is 39.2. The molecule has 2 aromatic rings. The third-order valence-electron chi connectivity index (χ3n) is 4.14. The van der Waals surface area contributed by atoms with Crippen LogP contribution >= 0.6 is 0 Å². The van der Waals surface area contributed by atoms with E-state index in [4.69, 9.17) is 0 Å². The molecule has 3 rings (SSSR count). The maximum atomic E-state index is 13.1. The van der Waals surface area contributed by atoms with Crippen LogP contribution < -0.4 is 5.32 Å². The zero-order chi connectivity index (χ0) is 17.3. The Bertz CT molecular complexity index is 741. The number of pyridine rings is 1. The number of halogens is 3. The summed E-state index contributed by atoms with van der Waals surface area (Å²) in [6.07, 6.45) is -2.03. The summed E-state index contributed by atoms with van der Waals surface area (Å²) in [7, 11) is 0. The number of rotatable bonds is 4. The summed E-state index contributed by atoms with van der Waals surface area (Å²) in [5.41, 5.74) is 1.29. The van der Waals surface area contributed by atoms with Gasteiger partial charge >= 0.3 is 6.18 Å². The number of hydrogen-bond acceptors (Lipinski definition) is 2. The lowest BCUT2D eigenvalue weighted by Crippen LogP contribution is -2.28. The van der Waals surface area contributed by atoms with E-state index in [-0.39, 0.29) is 29.9 Å². The van der Waals surface area contributed by atoms with E-state index in [1.165, 1.54) is 12.1 Å². The van der Waals surface area contributed by atoms with Crippen LogP contribution in [0.15, 0.2) is 42.6 Å². The first-order valence-corrected chi connectivity index (χ1v) is 7.71. The molecule has 1 N–H and O–H groups in total. The van der Waals surface area contributed by atoms with Crippen LogP contribution in [0.4, 0.5) is 13.2 Å². The summed E-state index contributed by atoms with van der Waals surface area (Å²) >= 11 is 0. The molecule has 1 amide bonds. The van der Waals surface area contributed by atoms with E-state index in [0.29, 0.717) is 6.42 Å². The molecule has 6 heteroatoms. The second-order valence-electron chi connectivity index (χ2n) is 6.09. The number of benzene rings is 1. The summed E-state index contributed by atoms with van der Waals surface area (Å²) in [6.45, 7) is 1.86. The van der Waals surface area contributed by atoms with Gasteiger partial charge < -0.3 is 5.32 Å². The van der Waals surface area contributed by atoms with Crippen molar-refractivity contribution in [1.82, 2.24) is 10.3 Å². The van der Waals surface area contributed by atoms with Gasteiger partial charge in [-0.3, -0.25) is 9.78 Å². The van der Waals surface area contributed by atoms with Gasteiger partial charge in [-0.25, -0.2) is 0 Å². The predicted molar refractivity (Wildman–Crippen MR) is 83.4 cm³/mol. The lowest BCUT2D eigenvalue weighted by molar-refractivity contribution is -0.138. The summed E-state index contributed by atoms with van der Waals surface area (Å²) in [5.74, 6) is -0.472. The first-order valence-electron chi connectivity index (χ1n) is 7.71.